The SMILES string of the molecule is O=C(Nc1ccc(-c2cc(C3CCC3)n(C(=O)NCc3ccccc3Cl)n2)c(O)c1)c1cnc2ccccc2n1. The van der Waals surface area contributed by atoms with Gasteiger partial charge >= 0.3 is 6.03 Å². The zero-order valence-corrected chi connectivity index (χ0v) is 22.1. The van der Waals surface area contributed by atoms with Crippen LogP contribution in [-0.2, 0) is 6.54 Å². The van der Waals surface area contributed by atoms with E-state index in [9.17, 15) is 14.7 Å². The van der Waals surface area contributed by atoms with Crippen LogP contribution < -0.4 is 10.6 Å². The molecule has 0 saturated heterocycles. The van der Waals surface area contributed by atoms with Gasteiger partial charge in [-0.25, -0.2) is 9.78 Å². The van der Waals surface area contributed by atoms with Gasteiger partial charge in [0.05, 0.1) is 28.6 Å². The summed E-state index contributed by atoms with van der Waals surface area (Å²) in [4.78, 5) is 34.6. The molecule has 0 radical (unpaired) electrons. The molecule has 0 unspecified atom stereocenters. The summed E-state index contributed by atoms with van der Waals surface area (Å²) in [6, 6.07) is 20.9. The number of aromatic nitrogens is 4. The van der Waals surface area contributed by atoms with Gasteiger partial charge in [0, 0.05) is 34.8 Å². The van der Waals surface area contributed by atoms with Gasteiger partial charge < -0.3 is 15.7 Å². The van der Waals surface area contributed by atoms with Crippen LogP contribution in [0.25, 0.3) is 22.3 Å². The molecule has 1 fully saturated rings. The summed E-state index contributed by atoms with van der Waals surface area (Å²) < 4.78 is 1.38. The van der Waals surface area contributed by atoms with Crippen molar-refractivity contribution in [3.8, 4) is 17.0 Å². The molecule has 10 heteroatoms. The Morgan fingerprint density at radius 1 is 1.00 bits per heavy atom. The molecule has 6 rings (SSSR count). The Bertz CT molecular complexity index is 1750. The van der Waals surface area contributed by atoms with Crippen LogP contribution in [0.3, 0.4) is 0 Å². The molecule has 0 spiro atoms. The maximum atomic E-state index is 13.1. The lowest BCUT2D eigenvalue weighted by molar-refractivity contribution is 0.102. The molecule has 2 amide bonds. The quantitative estimate of drug-likeness (QED) is 0.233. The molecule has 3 N–H and O–H groups in total. The number of carbonyl (C=O) groups excluding carboxylic acids is 2. The smallest absolute Gasteiger partial charge is 0.342 e. The third kappa shape index (κ3) is 5.11. The molecule has 2 aromatic heterocycles. The zero-order chi connectivity index (χ0) is 27.6. The van der Waals surface area contributed by atoms with E-state index >= 15 is 0 Å². The lowest BCUT2D eigenvalue weighted by atomic mass is 9.82. The predicted molar refractivity (Wildman–Crippen MR) is 152 cm³/mol. The summed E-state index contributed by atoms with van der Waals surface area (Å²) in [6.45, 7) is 0.263. The largest absolute Gasteiger partial charge is 0.507 e. The third-order valence-corrected chi connectivity index (χ3v) is 7.42. The maximum absolute atomic E-state index is 13.1. The first-order chi connectivity index (χ1) is 19.5. The molecule has 5 aromatic rings. The molecule has 0 bridgehead atoms. The third-order valence-electron chi connectivity index (χ3n) is 7.05. The van der Waals surface area contributed by atoms with Crippen molar-refractivity contribution < 1.29 is 14.7 Å². The van der Waals surface area contributed by atoms with Gasteiger partial charge in [-0.3, -0.25) is 9.78 Å². The van der Waals surface area contributed by atoms with Crippen molar-refractivity contribution in [1.29, 1.82) is 0 Å². The fourth-order valence-electron chi connectivity index (χ4n) is 4.66. The molecule has 40 heavy (non-hydrogen) atoms. The highest BCUT2D eigenvalue weighted by atomic mass is 35.5. The number of aromatic hydroxyl groups is 1. The molecule has 0 aliphatic heterocycles. The van der Waals surface area contributed by atoms with E-state index in [2.05, 4.69) is 25.7 Å². The van der Waals surface area contributed by atoms with Gasteiger partial charge in [-0.2, -0.15) is 9.78 Å². The highest BCUT2D eigenvalue weighted by molar-refractivity contribution is 6.31. The number of hydrogen-bond acceptors (Lipinski definition) is 6. The first kappa shape index (κ1) is 25.5. The number of anilines is 1. The van der Waals surface area contributed by atoms with Crippen LogP contribution in [-0.4, -0.2) is 36.8 Å². The number of para-hydroxylation sites is 2. The zero-order valence-electron chi connectivity index (χ0n) is 21.3. The summed E-state index contributed by atoms with van der Waals surface area (Å²) in [5, 5.41) is 21.6. The van der Waals surface area contributed by atoms with Crippen LogP contribution in [0, 0.1) is 0 Å². The maximum Gasteiger partial charge on any atom is 0.342 e. The number of nitrogens with one attached hydrogen (secondary N) is 2. The van der Waals surface area contributed by atoms with Crippen molar-refractivity contribution in [2.75, 3.05) is 5.32 Å². The molecule has 3 aromatic carbocycles. The average molecular weight is 553 g/mol. The van der Waals surface area contributed by atoms with Crippen LogP contribution in [0.15, 0.2) is 79.0 Å². The van der Waals surface area contributed by atoms with Crippen molar-refractivity contribution in [2.45, 2.75) is 31.7 Å². The van der Waals surface area contributed by atoms with Gasteiger partial charge in [0.25, 0.3) is 5.91 Å². The normalized spacial score (nSPS) is 13.1. The standard InChI is InChI=1S/C30H25ClN6O3/c31-22-9-2-1-6-19(22)16-33-30(40)37-27(18-7-5-8-18)15-25(36-37)21-13-12-20(14-28(21)38)34-29(39)26-17-32-23-10-3-4-11-24(23)35-26/h1-4,6,9-15,17-18,38H,5,7-8,16H2,(H,33,40)(H,34,39). The predicted octanol–water partition coefficient (Wildman–Crippen LogP) is 6.13. The minimum absolute atomic E-state index is 0.0799. The minimum atomic E-state index is -0.447. The van der Waals surface area contributed by atoms with Crippen molar-refractivity contribution in [3.05, 3.63) is 101 Å². The van der Waals surface area contributed by atoms with E-state index in [0.29, 0.717) is 33.0 Å². The fourth-order valence-corrected chi connectivity index (χ4v) is 4.86. The Labute approximate surface area is 234 Å². The molecular weight excluding hydrogens is 528 g/mol. The van der Waals surface area contributed by atoms with Crippen molar-refractivity contribution in [3.63, 3.8) is 0 Å². The first-order valence-electron chi connectivity index (χ1n) is 12.9. The summed E-state index contributed by atoms with van der Waals surface area (Å²) in [5.74, 6) is -0.308. The topological polar surface area (TPSA) is 122 Å². The number of rotatable bonds is 6. The van der Waals surface area contributed by atoms with Crippen molar-refractivity contribution in [1.82, 2.24) is 25.1 Å². The van der Waals surface area contributed by atoms with Gasteiger partial charge in [-0.15, -0.1) is 0 Å². The number of fused-ring (bicyclic) bond motifs is 1. The number of hydrogen-bond donors (Lipinski definition) is 3. The molecule has 0 atom stereocenters. The van der Waals surface area contributed by atoms with E-state index in [4.69, 9.17) is 11.6 Å². The Morgan fingerprint density at radius 3 is 2.52 bits per heavy atom. The second-order valence-electron chi connectivity index (χ2n) is 9.67. The fraction of sp³-hybridized carbons (Fsp3) is 0.167. The Kier molecular flexibility index (Phi) is 6.88. The van der Waals surface area contributed by atoms with Gasteiger partial charge in [0.15, 0.2) is 0 Å². The monoisotopic (exact) mass is 552 g/mol. The Balaban J connectivity index is 1.22. The highest BCUT2D eigenvalue weighted by Crippen LogP contribution is 2.39. The molecular formula is C30H25ClN6O3. The molecule has 200 valence electrons. The van der Waals surface area contributed by atoms with Crippen LogP contribution in [0.2, 0.25) is 5.02 Å². The van der Waals surface area contributed by atoms with E-state index in [-0.39, 0.29) is 29.9 Å². The summed E-state index contributed by atoms with van der Waals surface area (Å²) in [7, 11) is 0. The molecule has 1 saturated carbocycles. The van der Waals surface area contributed by atoms with Crippen LogP contribution >= 0.6 is 11.6 Å². The summed E-state index contributed by atoms with van der Waals surface area (Å²) in [5.41, 5.74) is 4.37. The van der Waals surface area contributed by atoms with Gasteiger partial charge in [-0.1, -0.05) is 48.4 Å². The van der Waals surface area contributed by atoms with Gasteiger partial charge in [-0.05, 0) is 54.8 Å². The van der Waals surface area contributed by atoms with E-state index in [1.165, 1.54) is 16.9 Å². The average Bonchev–Trinajstić information content (AvgIpc) is 3.35. The number of phenols is 1. The number of nitrogens with zero attached hydrogens (tertiary/aromatic N) is 4. The Morgan fingerprint density at radius 2 is 1.77 bits per heavy atom. The second-order valence-corrected chi connectivity index (χ2v) is 10.1. The number of phenolic OH excluding ortho intramolecular Hbond substituents is 1. The van der Waals surface area contributed by atoms with Crippen LogP contribution in [0.1, 0.15) is 46.9 Å². The minimum Gasteiger partial charge on any atom is -0.507 e. The van der Waals surface area contributed by atoms with Gasteiger partial charge in [0.1, 0.15) is 11.4 Å². The van der Waals surface area contributed by atoms with E-state index in [1.54, 1.807) is 24.3 Å². The molecule has 1 aliphatic carbocycles. The van der Waals surface area contributed by atoms with Crippen LogP contribution in [0.5, 0.6) is 5.75 Å². The van der Waals surface area contributed by atoms with Crippen molar-refractivity contribution >= 4 is 40.3 Å². The van der Waals surface area contributed by atoms with E-state index in [1.807, 2.05) is 42.5 Å². The first-order valence-corrected chi connectivity index (χ1v) is 13.3. The number of carbonyl (C=O) groups is 2. The lowest BCUT2D eigenvalue weighted by Crippen LogP contribution is -2.31. The number of amides is 2. The van der Waals surface area contributed by atoms with E-state index in [0.717, 1.165) is 30.5 Å². The number of halogens is 1. The van der Waals surface area contributed by atoms with Gasteiger partial charge in [0.2, 0.25) is 0 Å². The van der Waals surface area contributed by atoms with E-state index < -0.39 is 5.91 Å². The summed E-state index contributed by atoms with van der Waals surface area (Å²) >= 11 is 6.24. The summed E-state index contributed by atoms with van der Waals surface area (Å²) in [6.07, 6.45) is 4.44. The molecule has 2 heterocycles. The second kappa shape index (κ2) is 10.8. The molecule has 1 aliphatic rings. The van der Waals surface area contributed by atoms with Crippen molar-refractivity contribution in [2.24, 2.45) is 0 Å². The lowest BCUT2D eigenvalue weighted by Gasteiger charge is -2.25. The van der Waals surface area contributed by atoms with Crippen LogP contribution in [0.4, 0.5) is 10.5 Å². The highest BCUT2D eigenvalue weighted by Gasteiger charge is 2.27. The number of benzene rings is 3. The Hall–Kier alpha value is -4.76. The molecule has 9 nitrogen and oxygen atoms in total.